The van der Waals surface area contributed by atoms with Crippen molar-refractivity contribution in [3.63, 3.8) is 0 Å². The molecule has 2 aromatic rings. The molecule has 0 aliphatic carbocycles. The van der Waals surface area contributed by atoms with E-state index in [1.165, 1.54) is 12.1 Å². The van der Waals surface area contributed by atoms with E-state index in [9.17, 15) is 19.7 Å². The van der Waals surface area contributed by atoms with Gasteiger partial charge in [-0.05, 0) is 37.6 Å². The highest BCUT2D eigenvalue weighted by atomic mass is 35.5. The minimum Gasteiger partial charge on any atom is -0.354 e. The number of nitrogens with zero attached hydrogens (tertiary/aromatic N) is 1. The first-order chi connectivity index (χ1) is 12.7. The first-order valence-corrected chi connectivity index (χ1v) is 8.52. The van der Waals surface area contributed by atoms with E-state index in [1.807, 2.05) is 13.8 Å². The predicted molar refractivity (Wildman–Crippen MR) is 104 cm³/mol. The summed E-state index contributed by atoms with van der Waals surface area (Å²) in [4.78, 5) is 33.9. The fourth-order valence-corrected chi connectivity index (χ4v) is 2.49. The Hall–Kier alpha value is -3.13. The van der Waals surface area contributed by atoms with Crippen LogP contribution in [0.4, 0.5) is 21.9 Å². The number of nitro groups is 1. The minimum atomic E-state index is -0.571. The molecule has 3 N–H and O–H groups in total. The summed E-state index contributed by atoms with van der Waals surface area (Å²) in [6, 6.07) is 10.1. The van der Waals surface area contributed by atoms with Crippen LogP contribution in [-0.4, -0.2) is 22.9 Å². The smallest absolute Gasteiger partial charge is 0.323 e. The summed E-state index contributed by atoms with van der Waals surface area (Å²) in [6.45, 7) is 3.78. The average molecular weight is 391 g/mol. The van der Waals surface area contributed by atoms with Crippen molar-refractivity contribution in [1.82, 2.24) is 5.32 Å². The Morgan fingerprint density at radius 2 is 1.78 bits per heavy atom. The Morgan fingerprint density at radius 3 is 2.33 bits per heavy atom. The molecule has 0 spiro atoms. The zero-order chi connectivity index (χ0) is 20.0. The summed E-state index contributed by atoms with van der Waals surface area (Å²) in [5.74, 6) is -0.0729. The van der Waals surface area contributed by atoms with Gasteiger partial charge in [-0.15, -0.1) is 0 Å². The summed E-state index contributed by atoms with van der Waals surface area (Å²) in [7, 11) is 0. The molecule has 0 radical (unpaired) electrons. The summed E-state index contributed by atoms with van der Waals surface area (Å²) < 4.78 is 0. The molecule has 2 aromatic carbocycles. The lowest BCUT2D eigenvalue weighted by Crippen LogP contribution is -2.31. The van der Waals surface area contributed by atoms with E-state index in [2.05, 4.69) is 16.0 Å². The molecule has 8 nitrogen and oxygen atoms in total. The van der Waals surface area contributed by atoms with Gasteiger partial charge >= 0.3 is 6.03 Å². The molecule has 0 aliphatic rings. The Morgan fingerprint density at radius 1 is 1.11 bits per heavy atom. The van der Waals surface area contributed by atoms with Gasteiger partial charge in [0.05, 0.1) is 22.1 Å². The zero-order valence-electron chi connectivity index (χ0n) is 14.8. The molecule has 0 heterocycles. The number of non-ortho nitro benzene ring substituents is 1. The number of hydrogen-bond acceptors (Lipinski definition) is 4. The van der Waals surface area contributed by atoms with E-state index in [-0.39, 0.29) is 34.8 Å². The van der Waals surface area contributed by atoms with Gasteiger partial charge in [0.1, 0.15) is 0 Å². The molecule has 2 rings (SSSR count). The maximum Gasteiger partial charge on any atom is 0.323 e. The van der Waals surface area contributed by atoms with Crippen LogP contribution in [0.3, 0.4) is 0 Å². The molecule has 9 heteroatoms. The SMILES string of the molecule is CC(C)NC(=O)Cc1ccc(NC(=O)Nc2ccc([N+](=O)[O-])cc2Cl)cc1. The molecular formula is C18H19ClN4O4. The van der Waals surface area contributed by atoms with Crippen molar-refractivity contribution in [2.45, 2.75) is 26.3 Å². The quantitative estimate of drug-likeness (QED) is 0.511. The molecule has 3 amide bonds. The Bertz CT molecular complexity index is 853. The highest BCUT2D eigenvalue weighted by molar-refractivity contribution is 6.34. The van der Waals surface area contributed by atoms with E-state index in [0.717, 1.165) is 11.6 Å². The number of carbonyl (C=O) groups excluding carboxylic acids is 2. The van der Waals surface area contributed by atoms with E-state index in [1.54, 1.807) is 24.3 Å². The molecular weight excluding hydrogens is 372 g/mol. The lowest BCUT2D eigenvalue weighted by molar-refractivity contribution is -0.384. The zero-order valence-corrected chi connectivity index (χ0v) is 15.5. The topological polar surface area (TPSA) is 113 Å². The van der Waals surface area contributed by atoms with E-state index >= 15 is 0 Å². The van der Waals surface area contributed by atoms with Crippen LogP contribution in [-0.2, 0) is 11.2 Å². The van der Waals surface area contributed by atoms with E-state index in [0.29, 0.717) is 5.69 Å². The average Bonchev–Trinajstić information content (AvgIpc) is 2.57. The summed E-state index contributed by atoms with van der Waals surface area (Å²) >= 11 is 5.94. The Kier molecular flexibility index (Phi) is 6.73. The van der Waals surface area contributed by atoms with Crippen LogP contribution in [0.2, 0.25) is 5.02 Å². The van der Waals surface area contributed by atoms with Gasteiger partial charge in [0.2, 0.25) is 5.91 Å². The van der Waals surface area contributed by atoms with Crippen molar-refractivity contribution in [2.75, 3.05) is 10.6 Å². The third-order valence-corrected chi connectivity index (χ3v) is 3.75. The monoisotopic (exact) mass is 390 g/mol. The lowest BCUT2D eigenvalue weighted by Gasteiger charge is -2.10. The van der Waals surface area contributed by atoms with Crippen molar-refractivity contribution in [2.24, 2.45) is 0 Å². The Balaban J connectivity index is 1.94. The van der Waals surface area contributed by atoms with Gasteiger partial charge in [0.25, 0.3) is 5.69 Å². The van der Waals surface area contributed by atoms with Crippen LogP contribution in [0.5, 0.6) is 0 Å². The van der Waals surface area contributed by atoms with Gasteiger partial charge < -0.3 is 16.0 Å². The summed E-state index contributed by atoms with van der Waals surface area (Å²) in [6.07, 6.45) is 0.253. The highest BCUT2D eigenvalue weighted by Crippen LogP contribution is 2.26. The highest BCUT2D eigenvalue weighted by Gasteiger charge is 2.12. The van der Waals surface area contributed by atoms with Gasteiger partial charge in [0.15, 0.2) is 0 Å². The number of hydrogen-bond donors (Lipinski definition) is 3. The molecule has 0 aliphatic heterocycles. The number of benzene rings is 2. The van der Waals surface area contributed by atoms with Crippen LogP contribution < -0.4 is 16.0 Å². The van der Waals surface area contributed by atoms with Gasteiger partial charge in [-0.3, -0.25) is 14.9 Å². The fourth-order valence-electron chi connectivity index (χ4n) is 2.27. The molecule has 0 saturated carbocycles. The molecule has 0 atom stereocenters. The normalized spacial score (nSPS) is 10.4. The second kappa shape index (κ2) is 9.00. The number of carbonyl (C=O) groups is 2. The number of nitrogens with one attached hydrogen (secondary N) is 3. The number of urea groups is 1. The number of amides is 3. The molecule has 142 valence electrons. The van der Waals surface area contributed by atoms with Crippen LogP contribution in [0.15, 0.2) is 42.5 Å². The third kappa shape index (κ3) is 6.27. The molecule has 0 saturated heterocycles. The number of halogens is 1. The second-order valence-electron chi connectivity index (χ2n) is 6.10. The van der Waals surface area contributed by atoms with Crippen LogP contribution in [0.1, 0.15) is 19.4 Å². The fraction of sp³-hybridized carbons (Fsp3) is 0.222. The van der Waals surface area contributed by atoms with Crippen molar-refractivity contribution in [3.05, 3.63) is 63.2 Å². The minimum absolute atomic E-state index is 0.0610. The van der Waals surface area contributed by atoms with E-state index in [4.69, 9.17) is 11.6 Å². The number of nitro benzene ring substituents is 1. The van der Waals surface area contributed by atoms with Crippen LogP contribution in [0.25, 0.3) is 0 Å². The second-order valence-corrected chi connectivity index (χ2v) is 6.50. The van der Waals surface area contributed by atoms with Crippen molar-refractivity contribution in [1.29, 1.82) is 0 Å². The maximum absolute atomic E-state index is 12.1. The van der Waals surface area contributed by atoms with Gasteiger partial charge in [-0.1, -0.05) is 23.7 Å². The number of rotatable bonds is 6. The third-order valence-electron chi connectivity index (χ3n) is 3.44. The molecule has 0 fully saturated rings. The molecule has 27 heavy (non-hydrogen) atoms. The predicted octanol–water partition coefficient (Wildman–Crippen LogP) is 3.96. The first-order valence-electron chi connectivity index (χ1n) is 8.15. The standard InChI is InChI=1S/C18H19ClN4O4/c1-11(2)20-17(24)9-12-3-5-13(6-4-12)21-18(25)22-16-8-7-14(23(26)27)10-15(16)19/h3-8,10-11H,9H2,1-2H3,(H,20,24)(H2,21,22,25). The van der Waals surface area contributed by atoms with Crippen LogP contribution in [0, 0.1) is 10.1 Å². The summed E-state index contributed by atoms with van der Waals surface area (Å²) in [5.41, 5.74) is 1.43. The van der Waals surface area contributed by atoms with Gasteiger partial charge in [-0.25, -0.2) is 4.79 Å². The first kappa shape index (κ1) is 20.2. The summed E-state index contributed by atoms with van der Waals surface area (Å²) in [5, 5.41) is 18.7. The number of anilines is 2. The van der Waals surface area contributed by atoms with Gasteiger partial charge in [0, 0.05) is 23.9 Å². The molecule has 0 bridgehead atoms. The van der Waals surface area contributed by atoms with Crippen molar-refractivity contribution < 1.29 is 14.5 Å². The van der Waals surface area contributed by atoms with Crippen molar-refractivity contribution in [3.8, 4) is 0 Å². The van der Waals surface area contributed by atoms with Gasteiger partial charge in [-0.2, -0.15) is 0 Å². The van der Waals surface area contributed by atoms with E-state index < -0.39 is 11.0 Å². The largest absolute Gasteiger partial charge is 0.354 e. The van der Waals surface area contributed by atoms with Crippen molar-refractivity contribution >= 4 is 40.6 Å². The molecule has 0 unspecified atom stereocenters. The Labute approximate surface area is 161 Å². The van der Waals surface area contributed by atoms with Crippen LogP contribution >= 0.6 is 11.6 Å². The maximum atomic E-state index is 12.1. The lowest BCUT2D eigenvalue weighted by atomic mass is 10.1. The molecule has 0 aromatic heterocycles.